The predicted octanol–water partition coefficient (Wildman–Crippen LogP) is -0.164. The molecule has 0 bridgehead atoms. The van der Waals surface area contributed by atoms with Crippen molar-refractivity contribution in [1.29, 1.82) is 0 Å². The molecular weight excluding hydrogens is 518 g/mol. The molecule has 4 atom stereocenters. The van der Waals surface area contributed by atoms with E-state index in [0.717, 1.165) is 5.56 Å². The minimum absolute atomic E-state index is 0.0217. The van der Waals surface area contributed by atoms with Crippen molar-refractivity contribution >= 4 is 29.6 Å². The van der Waals surface area contributed by atoms with E-state index >= 15 is 0 Å². The number of benzene rings is 2. The normalized spacial score (nSPS) is 13.8. The molecule has 12 heteroatoms. The number of carboxylic acids is 1. The van der Waals surface area contributed by atoms with Crippen LogP contribution in [0, 0.1) is 5.92 Å². The molecule has 0 saturated heterocycles. The highest BCUT2D eigenvalue weighted by Gasteiger charge is 2.29. The fourth-order valence-electron chi connectivity index (χ4n) is 3.74. The van der Waals surface area contributed by atoms with E-state index in [2.05, 4.69) is 21.3 Å². The van der Waals surface area contributed by atoms with Gasteiger partial charge in [0, 0.05) is 12.8 Å². The lowest BCUT2D eigenvalue weighted by Crippen LogP contribution is -2.56. The summed E-state index contributed by atoms with van der Waals surface area (Å²) in [6.07, 6.45) is 0.0180. The Morgan fingerprint density at radius 3 is 1.88 bits per heavy atom. The first-order chi connectivity index (χ1) is 18.9. The molecule has 0 aliphatic heterocycles. The predicted molar refractivity (Wildman–Crippen MR) is 147 cm³/mol. The number of phenols is 1. The van der Waals surface area contributed by atoms with E-state index in [1.807, 2.05) is 0 Å². The maximum absolute atomic E-state index is 13.2. The standard InChI is InChI=1S/C28H37N5O7/c1-16(2)24(33-25(36)17(3)29)27(38)30-15-23(35)31-21(13-18-7-5-4-6-8-18)26(37)32-22(28(39)40)14-19-9-11-20(34)12-10-19/h4-12,16-17,21-22,24,34H,13-15,29H2,1-3H3,(H,30,38)(H,31,35)(H,32,37)(H,33,36)(H,39,40)/t17-,21-,22-,24-/m0/s1. The fraction of sp³-hybridized carbons (Fsp3) is 0.393. The second kappa shape index (κ2) is 15.2. The van der Waals surface area contributed by atoms with Gasteiger partial charge in [0.2, 0.25) is 23.6 Å². The second-order valence-corrected chi connectivity index (χ2v) is 9.82. The summed E-state index contributed by atoms with van der Waals surface area (Å²) in [7, 11) is 0. The third-order valence-electron chi connectivity index (χ3n) is 6.01. The Kier molecular flexibility index (Phi) is 12.1. The van der Waals surface area contributed by atoms with Crippen molar-refractivity contribution in [3.05, 3.63) is 65.7 Å². The van der Waals surface area contributed by atoms with Gasteiger partial charge in [-0.3, -0.25) is 19.2 Å². The van der Waals surface area contributed by atoms with Crippen molar-refractivity contribution in [2.75, 3.05) is 6.54 Å². The molecule has 0 unspecified atom stereocenters. The van der Waals surface area contributed by atoms with E-state index in [-0.39, 0.29) is 24.5 Å². The van der Waals surface area contributed by atoms with Crippen LogP contribution in [-0.4, -0.2) is 70.5 Å². The highest BCUT2D eigenvalue weighted by Crippen LogP contribution is 2.12. The molecule has 0 aliphatic carbocycles. The molecule has 0 aromatic heterocycles. The van der Waals surface area contributed by atoms with Crippen molar-refractivity contribution in [2.24, 2.45) is 11.7 Å². The van der Waals surface area contributed by atoms with Crippen LogP contribution in [0.25, 0.3) is 0 Å². The Balaban J connectivity index is 2.10. The van der Waals surface area contributed by atoms with Gasteiger partial charge in [0.25, 0.3) is 0 Å². The third kappa shape index (κ3) is 10.4. The number of nitrogens with one attached hydrogen (secondary N) is 4. The molecule has 0 fully saturated rings. The van der Waals surface area contributed by atoms with Crippen LogP contribution in [0.5, 0.6) is 5.75 Å². The lowest BCUT2D eigenvalue weighted by atomic mass is 10.0. The number of phenolic OH excluding ortho intramolecular Hbond substituents is 1. The van der Waals surface area contributed by atoms with Crippen molar-refractivity contribution in [1.82, 2.24) is 21.3 Å². The van der Waals surface area contributed by atoms with Gasteiger partial charge in [-0.2, -0.15) is 0 Å². The first kappa shape index (κ1) is 31.8. The molecule has 2 aromatic carbocycles. The number of nitrogens with two attached hydrogens (primary N) is 1. The summed E-state index contributed by atoms with van der Waals surface area (Å²) >= 11 is 0. The summed E-state index contributed by atoms with van der Waals surface area (Å²) in [5, 5.41) is 29.2. The van der Waals surface area contributed by atoms with Crippen LogP contribution in [-0.2, 0) is 36.8 Å². The fourth-order valence-corrected chi connectivity index (χ4v) is 3.74. The summed E-state index contributed by atoms with van der Waals surface area (Å²) in [5.41, 5.74) is 6.86. The maximum Gasteiger partial charge on any atom is 0.326 e. The number of carbonyl (C=O) groups excluding carboxylic acids is 4. The van der Waals surface area contributed by atoms with Crippen molar-refractivity contribution in [2.45, 2.75) is 57.8 Å². The molecule has 0 aliphatic rings. The molecule has 2 rings (SSSR count). The summed E-state index contributed by atoms with van der Waals surface area (Å²) in [6.45, 7) is 4.45. The van der Waals surface area contributed by atoms with Gasteiger partial charge in [0.15, 0.2) is 0 Å². The number of carbonyl (C=O) groups is 5. The van der Waals surface area contributed by atoms with Gasteiger partial charge in [0.1, 0.15) is 23.9 Å². The first-order valence-electron chi connectivity index (χ1n) is 12.9. The van der Waals surface area contributed by atoms with Gasteiger partial charge >= 0.3 is 5.97 Å². The zero-order valence-electron chi connectivity index (χ0n) is 22.7. The van der Waals surface area contributed by atoms with Gasteiger partial charge in [-0.05, 0) is 36.1 Å². The molecule has 0 saturated carbocycles. The van der Waals surface area contributed by atoms with Crippen LogP contribution in [0.15, 0.2) is 54.6 Å². The van der Waals surface area contributed by atoms with Gasteiger partial charge in [0.05, 0.1) is 12.6 Å². The summed E-state index contributed by atoms with van der Waals surface area (Å²) in [4.78, 5) is 62.5. The molecule has 0 heterocycles. The molecular formula is C28H37N5O7. The van der Waals surface area contributed by atoms with Crippen LogP contribution in [0.1, 0.15) is 31.9 Å². The number of hydrogen-bond donors (Lipinski definition) is 7. The van der Waals surface area contributed by atoms with Crippen molar-refractivity contribution in [3.63, 3.8) is 0 Å². The lowest BCUT2D eigenvalue weighted by Gasteiger charge is -2.24. The van der Waals surface area contributed by atoms with Crippen LogP contribution in [0.2, 0.25) is 0 Å². The zero-order valence-corrected chi connectivity index (χ0v) is 22.7. The molecule has 2 aromatic rings. The summed E-state index contributed by atoms with van der Waals surface area (Å²) < 4.78 is 0. The van der Waals surface area contributed by atoms with E-state index in [4.69, 9.17) is 5.73 Å². The lowest BCUT2D eigenvalue weighted by molar-refractivity contribution is -0.142. The van der Waals surface area contributed by atoms with E-state index in [1.165, 1.54) is 19.1 Å². The van der Waals surface area contributed by atoms with Gasteiger partial charge in [-0.1, -0.05) is 56.3 Å². The minimum atomic E-state index is -1.30. The van der Waals surface area contributed by atoms with Crippen LogP contribution >= 0.6 is 0 Å². The first-order valence-corrected chi connectivity index (χ1v) is 12.9. The SMILES string of the molecule is CC(C)[C@H](NC(=O)[C@H](C)N)C(=O)NCC(=O)N[C@@H](Cc1ccccc1)C(=O)N[C@@H](Cc1ccc(O)cc1)C(=O)O. The van der Waals surface area contributed by atoms with E-state index in [1.54, 1.807) is 56.3 Å². The molecule has 4 amide bonds. The van der Waals surface area contributed by atoms with Gasteiger partial charge in [-0.25, -0.2) is 4.79 Å². The number of amides is 4. The van der Waals surface area contributed by atoms with E-state index in [9.17, 15) is 34.2 Å². The average molecular weight is 556 g/mol. The molecule has 40 heavy (non-hydrogen) atoms. The Morgan fingerprint density at radius 2 is 1.32 bits per heavy atom. The Bertz CT molecular complexity index is 1170. The zero-order chi connectivity index (χ0) is 29.8. The average Bonchev–Trinajstić information content (AvgIpc) is 2.90. The Morgan fingerprint density at radius 1 is 0.750 bits per heavy atom. The Labute approximate surface area is 232 Å². The van der Waals surface area contributed by atoms with Crippen molar-refractivity contribution < 1.29 is 34.2 Å². The topological polar surface area (TPSA) is 200 Å². The minimum Gasteiger partial charge on any atom is -0.508 e. The monoisotopic (exact) mass is 555 g/mol. The van der Waals surface area contributed by atoms with Crippen LogP contribution in [0.4, 0.5) is 0 Å². The van der Waals surface area contributed by atoms with Crippen LogP contribution in [0.3, 0.4) is 0 Å². The maximum atomic E-state index is 13.2. The number of rotatable bonds is 14. The Hall–Kier alpha value is -4.45. The summed E-state index contributed by atoms with van der Waals surface area (Å²) in [5.74, 6) is -4.06. The van der Waals surface area contributed by atoms with Crippen molar-refractivity contribution in [3.8, 4) is 5.75 Å². The van der Waals surface area contributed by atoms with Gasteiger partial charge < -0.3 is 37.2 Å². The molecule has 12 nitrogen and oxygen atoms in total. The largest absolute Gasteiger partial charge is 0.508 e. The highest BCUT2D eigenvalue weighted by molar-refractivity contribution is 5.94. The molecule has 216 valence electrons. The highest BCUT2D eigenvalue weighted by atomic mass is 16.4. The van der Waals surface area contributed by atoms with Crippen LogP contribution < -0.4 is 27.0 Å². The van der Waals surface area contributed by atoms with Gasteiger partial charge in [-0.15, -0.1) is 0 Å². The molecule has 8 N–H and O–H groups in total. The second-order valence-electron chi connectivity index (χ2n) is 9.82. The summed E-state index contributed by atoms with van der Waals surface area (Å²) in [6, 6.07) is 10.6. The van der Waals surface area contributed by atoms with E-state index < -0.39 is 60.3 Å². The smallest absolute Gasteiger partial charge is 0.326 e. The quantitative estimate of drug-likeness (QED) is 0.167. The number of hydrogen-bond acceptors (Lipinski definition) is 7. The number of aliphatic carboxylic acids is 1. The van der Waals surface area contributed by atoms with E-state index in [0.29, 0.717) is 5.56 Å². The number of aromatic hydroxyl groups is 1. The molecule has 0 radical (unpaired) electrons. The number of carboxylic acid groups (broad SMARTS) is 1. The third-order valence-corrected chi connectivity index (χ3v) is 6.01. The molecule has 0 spiro atoms.